The third-order valence-electron chi connectivity index (χ3n) is 4.39. The van der Waals surface area contributed by atoms with Gasteiger partial charge in [-0.25, -0.2) is 0 Å². The molecule has 0 spiro atoms. The molecule has 1 aliphatic heterocycles. The summed E-state index contributed by atoms with van der Waals surface area (Å²) in [4.78, 5) is 14.6. The molecule has 0 aliphatic carbocycles. The fourth-order valence-corrected chi connectivity index (χ4v) is 2.68. The number of carbonyl (C=O) groups excluding carboxylic acids is 1. The fraction of sp³-hybridized carbons (Fsp3) is 0.562. The van der Waals surface area contributed by atoms with Crippen molar-refractivity contribution in [2.45, 2.75) is 25.3 Å². The lowest BCUT2D eigenvalue weighted by atomic mass is 9.89. The molecule has 0 radical (unpaired) electrons. The minimum Gasteiger partial charge on any atom is -0.493 e. The van der Waals surface area contributed by atoms with Gasteiger partial charge in [0.15, 0.2) is 11.5 Å². The largest absolute Gasteiger partial charge is 0.493 e. The van der Waals surface area contributed by atoms with E-state index in [9.17, 15) is 4.79 Å². The average molecular weight is 292 g/mol. The number of methoxy groups -OCH3 is 2. The lowest BCUT2D eigenvalue weighted by Crippen LogP contribution is -2.51. The molecule has 5 nitrogen and oxygen atoms in total. The van der Waals surface area contributed by atoms with Crippen LogP contribution in [-0.4, -0.2) is 50.7 Å². The Morgan fingerprint density at radius 1 is 1.24 bits per heavy atom. The van der Waals surface area contributed by atoms with E-state index in [1.54, 1.807) is 26.4 Å². The molecule has 1 fully saturated rings. The van der Waals surface area contributed by atoms with Gasteiger partial charge in [-0.3, -0.25) is 4.79 Å². The highest BCUT2D eigenvalue weighted by Gasteiger charge is 2.31. The zero-order valence-corrected chi connectivity index (χ0v) is 13.2. The van der Waals surface area contributed by atoms with Crippen molar-refractivity contribution >= 4 is 5.91 Å². The lowest BCUT2D eigenvalue weighted by molar-refractivity contribution is 0.0658. The van der Waals surface area contributed by atoms with Gasteiger partial charge >= 0.3 is 0 Å². The molecule has 0 atom stereocenters. The number of nitrogens with zero attached hydrogens (tertiary/aromatic N) is 1. The molecular formula is C16H24N2O3. The van der Waals surface area contributed by atoms with Crippen LogP contribution >= 0.6 is 0 Å². The second-order valence-electron chi connectivity index (χ2n) is 5.64. The number of likely N-dealkylation sites (tertiary alicyclic amines) is 1. The summed E-state index contributed by atoms with van der Waals surface area (Å²) in [6.07, 6.45) is 1.89. The van der Waals surface area contributed by atoms with Crippen molar-refractivity contribution in [1.82, 2.24) is 10.2 Å². The quantitative estimate of drug-likeness (QED) is 0.921. The van der Waals surface area contributed by atoms with Gasteiger partial charge in [0, 0.05) is 18.6 Å². The van der Waals surface area contributed by atoms with Gasteiger partial charge in [-0.1, -0.05) is 6.07 Å². The van der Waals surface area contributed by atoms with Gasteiger partial charge in [-0.15, -0.1) is 0 Å². The first-order valence-corrected chi connectivity index (χ1v) is 7.24. The van der Waals surface area contributed by atoms with E-state index in [0.29, 0.717) is 17.1 Å². The van der Waals surface area contributed by atoms with Crippen LogP contribution in [0, 0.1) is 0 Å². The summed E-state index contributed by atoms with van der Waals surface area (Å²) in [7, 11) is 5.11. The normalized spacial score (nSPS) is 17.4. The number of hydrogen-bond donors (Lipinski definition) is 1. The van der Waals surface area contributed by atoms with Gasteiger partial charge in [-0.05, 0) is 38.9 Å². The van der Waals surface area contributed by atoms with Gasteiger partial charge in [0.25, 0.3) is 5.91 Å². The van der Waals surface area contributed by atoms with Crippen molar-refractivity contribution in [3.8, 4) is 11.5 Å². The smallest absolute Gasteiger partial charge is 0.257 e. The molecule has 1 amide bonds. The van der Waals surface area contributed by atoms with Crippen LogP contribution in [0.2, 0.25) is 0 Å². The van der Waals surface area contributed by atoms with Crippen molar-refractivity contribution in [2.75, 3.05) is 34.4 Å². The fourth-order valence-electron chi connectivity index (χ4n) is 2.68. The van der Waals surface area contributed by atoms with Gasteiger partial charge in [0.1, 0.15) is 0 Å². The first-order chi connectivity index (χ1) is 10.0. The Labute approximate surface area is 126 Å². The van der Waals surface area contributed by atoms with E-state index in [-0.39, 0.29) is 11.4 Å². The van der Waals surface area contributed by atoms with Crippen molar-refractivity contribution in [1.29, 1.82) is 0 Å². The molecule has 1 aromatic carbocycles. The monoisotopic (exact) mass is 292 g/mol. The number of hydrogen-bond acceptors (Lipinski definition) is 4. The van der Waals surface area contributed by atoms with Crippen LogP contribution in [0.5, 0.6) is 11.5 Å². The predicted molar refractivity (Wildman–Crippen MR) is 82.1 cm³/mol. The number of nitrogens with one attached hydrogen (secondary N) is 1. The van der Waals surface area contributed by atoms with Gasteiger partial charge in [0.05, 0.1) is 19.8 Å². The van der Waals surface area contributed by atoms with E-state index in [1.807, 2.05) is 18.0 Å². The van der Waals surface area contributed by atoms with Crippen LogP contribution in [0.3, 0.4) is 0 Å². The predicted octanol–water partition coefficient (Wildman–Crippen LogP) is 1.92. The first-order valence-electron chi connectivity index (χ1n) is 7.24. The van der Waals surface area contributed by atoms with Gasteiger partial charge in [0.2, 0.25) is 0 Å². The Bertz CT molecular complexity index is 508. The molecule has 1 aromatic rings. The topological polar surface area (TPSA) is 50.8 Å². The molecule has 1 heterocycles. The van der Waals surface area contributed by atoms with E-state index < -0.39 is 0 Å². The maximum atomic E-state index is 12.7. The summed E-state index contributed by atoms with van der Waals surface area (Å²) >= 11 is 0. The van der Waals surface area contributed by atoms with Crippen LogP contribution in [0.4, 0.5) is 0 Å². The second-order valence-corrected chi connectivity index (χ2v) is 5.64. The average Bonchev–Trinajstić information content (AvgIpc) is 2.54. The number of piperidine rings is 1. The van der Waals surface area contributed by atoms with E-state index in [2.05, 4.69) is 12.2 Å². The molecule has 0 bridgehead atoms. The number of benzene rings is 1. The van der Waals surface area contributed by atoms with E-state index in [0.717, 1.165) is 25.9 Å². The molecule has 1 N–H and O–H groups in total. The molecule has 21 heavy (non-hydrogen) atoms. The summed E-state index contributed by atoms with van der Waals surface area (Å²) in [5.41, 5.74) is 0.680. The highest BCUT2D eigenvalue weighted by Crippen LogP contribution is 2.32. The van der Waals surface area contributed by atoms with Crippen LogP contribution in [0.25, 0.3) is 0 Å². The molecule has 2 rings (SSSR count). The van der Waals surface area contributed by atoms with Crippen molar-refractivity contribution in [2.24, 2.45) is 0 Å². The number of ether oxygens (including phenoxy) is 2. The third kappa shape index (κ3) is 3.13. The summed E-state index contributed by atoms with van der Waals surface area (Å²) in [5.74, 6) is 1.09. The van der Waals surface area contributed by atoms with Crippen molar-refractivity contribution in [3.05, 3.63) is 23.8 Å². The molecule has 0 aromatic heterocycles. The second kappa shape index (κ2) is 6.35. The van der Waals surface area contributed by atoms with E-state index >= 15 is 0 Å². The number of para-hydroxylation sites is 1. The molecule has 5 heteroatoms. The molecule has 1 aliphatic rings. The zero-order valence-electron chi connectivity index (χ0n) is 13.2. The summed E-state index contributed by atoms with van der Waals surface area (Å²) in [6.45, 7) is 3.69. The summed E-state index contributed by atoms with van der Waals surface area (Å²) < 4.78 is 10.6. The third-order valence-corrected chi connectivity index (χ3v) is 4.39. The van der Waals surface area contributed by atoms with E-state index in [4.69, 9.17) is 9.47 Å². The Balaban J connectivity index is 2.18. The Morgan fingerprint density at radius 2 is 1.90 bits per heavy atom. The Morgan fingerprint density at radius 3 is 2.43 bits per heavy atom. The molecule has 1 saturated heterocycles. The first kappa shape index (κ1) is 15.6. The Kier molecular flexibility index (Phi) is 4.73. The molecule has 0 saturated carbocycles. The summed E-state index contributed by atoms with van der Waals surface area (Å²) in [6, 6.07) is 5.40. The zero-order chi connectivity index (χ0) is 15.5. The van der Waals surface area contributed by atoms with Crippen molar-refractivity contribution in [3.63, 3.8) is 0 Å². The highest BCUT2D eigenvalue weighted by atomic mass is 16.5. The van der Waals surface area contributed by atoms with Crippen LogP contribution in [0.1, 0.15) is 30.1 Å². The molecule has 116 valence electrons. The molecule has 0 unspecified atom stereocenters. The van der Waals surface area contributed by atoms with Gasteiger partial charge in [-0.2, -0.15) is 0 Å². The van der Waals surface area contributed by atoms with Crippen molar-refractivity contribution < 1.29 is 14.3 Å². The van der Waals surface area contributed by atoms with Crippen LogP contribution in [0.15, 0.2) is 18.2 Å². The number of rotatable bonds is 4. The lowest BCUT2D eigenvalue weighted by Gasteiger charge is -2.39. The van der Waals surface area contributed by atoms with Gasteiger partial charge < -0.3 is 19.7 Å². The maximum Gasteiger partial charge on any atom is 0.257 e. The standard InChI is InChI=1S/C16H24N2O3/c1-16(17-2)8-10-18(11-9-16)15(19)12-6-5-7-13(20-3)14(12)21-4/h5-7,17H,8-11H2,1-4H3. The Hall–Kier alpha value is -1.75. The highest BCUT2D eigenvalue weighted by molar-refractivity contribution is 5.97. The number of carbonyl (C=O) groups is 1. The maximum absolute atomic E-state index is 12.7. The minimum absolute atomic E-state index is 0.00361. The van der Waals surface area contributed by atoms with Crippen LogP contribution < -0.4 is 14.8 Å². The van der Waals surface area contributed by atoms with E-state index in [1.165, 1.54) is 0 Å². The SMILES string of the molecule is CNC1(C)CCN(C(=O)c2cccc(OC)c2OC)CC1. The molecular weight excluding hydrogens is 268 g/mol. The van der Waals surface area contributed by atoms with Crippen LogP contribution in [-0.2, 0) is 0 Å². The summed E-state index contributed by atoms with van der Waals surface area (Å²) in [5, 5.41) is 3.34. The number of amides is 1. The minimum atomic E-state index is 0.00361.